The minimum Gasteiger partial charge on any atom is -0.495 e. The van der Waals surface area contributed by atoms with Crippen LogP contribution in [-0.2, 0) is 24.3 Å². The van der Waals surface area contributed by atoms with Gasteiger partial charge in [-0.3, -0.25) is 4.79 Å². The summed E-state index contributed by atoms with van der Waals surface area (Å²) in [5.74, 6) is -0.0610. The number of carbonyl (C=O) groups excluding carboxylic acids is 2. The van der Waals surface area contributed by atoms with Crippen LogP contribution in [0.2, 0.25) is 0 Å². The van der Waals surface area contributed by atoms with E-state index in [0.717, 1.165) is 17.1 Å². The molecule has 8 nitrogen and oxygen atoms in total. The normalized spacial score (nSPS) is 15.7. The number of carbonyl (C=O) groups is 2. The standard InChI is InChI=1S/C20H28N2O6S/c1-15-9-11-22(12-10-15)19(23)14-28-20(24)8-6-16-5-7-17(27-4)18(13-16)29(25,26)21(2)3/h5-8,13,15H,9-12,14H2,1-4H3/b8-6+. The first-order valence-electron chi connectivity index (χ1n) is 9.38. The minimum absolute atomic E-state index is 0.00461. The Morgan fingerprint density at radius 2 is 1.90 bits per heavy atom. The van der Waals surface area contributed by atoms with E-state index in [9.17, 15) is 18.0 Å². The number of esters is 1. The molecule has 0 radical (unpaired) electrons. The third-order valence-electron chi connectivity index (χ3n) is 4.83. The monoisotopic (exact) mass is 424 g/mol. The van der Waals surface area contributed by atoms with E-state index in [-0.39, 0.29) is 23.2 Å². The zero-order valence-electron chi connectivity index (χ0n) is 17.3. The predicted octanol–water partition coefficient (Wildman–Crippen LogP) is 1.76. The molecule has 0 aromatic heterocycles. The van der Waals surface area contributed by atoms with Crippen LogP contribution in [0.3, 0.4) is 0 Å². The van der Waals surface area contributed by atoms with Crippen LogP contribution in [0.4, 0.5) is 0 Å². The second-order valence-corrected chi connectivity index (χ2v) is 9.32. The van der Waals surface area contributed by atoms with Gasteiger partial charge in [0, 0.05) is 33.3 Å². The Hall–Kier alpha value is -2.39. The number of nitrogens with zero attached hydrogens (tertiary/aromatic N) is 2. The van der Waals surface area contributed by atoms with Crippen molar-refractivity contribution >= 4 is 28.0 Å². The Morgan fingerprint density at radius 3 is 2.48 bits per heavy atom. The summed E-state index contributed by atoms with van der Waals surface area (Å²) >= 11 is 0. The lowest BCUT2D eigenvalue weighted by Gasteiger charge is -2.30. The fourth-order valence-corrected chi connectivity index (χ4v) is 3.97. The molecule has 1 aromatic rings. The lowest BCUT2D eigenvalue weighted by atomic mass is 9.99. The van der Waals surface area contributed by atoms with Gasteiger partial charge in [-0.05, 0) is 42.5 Å². The highest BCUT2D eigenvalue weighted by molar-refractivity contribution is 7.89. The number of piperidine rings is 1. The van der Waals surface area contributed by atoms with Gasteiger partial charge in [0.05, 0.1) is 7.11 Å². The number of benzene rings is 1. The van der Waals surface area contributed by atoms with Gasteiger partial charge in [-0.1, -0.05) is 13.0 Å². The Kier molecular flexibility index (Phi) is 7.80. The second-order valence-electron chi connectivity index (χ2n) is 7.20. The summed E-state index contributed by atoms with van der Waals surface area (Å²) in [5.41, 5.74) is 0.486. The maximum absolute atomic E-state index is 12.4. The number of rotatable bonds is 7. The molecule has 0 bridgehead atoms. The number of likely N-dealkylation sites (tertiary alicyclic amines) is 1. The lowest BCUT2D eigenvalue weighted by molar-refractivity contribution is -0.148. The topological polar surface area (TPSA) is 93.2 Å². The predicted molar refractivity (Wildman–Crippen MR) is 109 cm³/mol. The molecule has 2 rings (SSSR count). The molecule has 0 spiro atoms. The van der Waals surface area contributed by atoms with Gasteiger partial charge in [-0.15, -0.1) is 0 Å². The number of hydrogen-bond acceptors (Lipinski definition) is 6. The summed E-state index contributed by atoms with van der Waals surface area (Å²) < 4.78 is 36.1. The van der Waals surface area contributed by atoms with Gasteiger partial charge in [-0.25, -0.2) is 17.5 Å². The van der Waals surface area contributed by atoms with Crippen molar-refractivity contribution in [3.8, 4) is 5.75 Å². The van der Waals surface area contributed by atoms with E-state index in [1.165, 1.54) is 45.5 Å². The fourth-order valence-electron chi connectivity index (χ4n) is 2.89. The van der Waals surface area contributed by atoms with E-state index in [4.69, 9.17) is 9.47 Å². The van der Waals surface area contributed by atoms with Gasteiger partial charge in [-0.2, -0.15) is 0 Å². The maximum Gasteiger partial charge on any atom is 0.331 e. The smallest absolute Gasteiger partial charge is 0.331 e. The van der Waals surface area contributed by atoms with Crippen molar-refractivity contribution in [3.05, 3.63) is 29.8 Å². The molecule has 160 valence electrons. The van der Waals surface area contributed by atoms with Crippen molar-refractivity contribution in [1.82, 2.24) is 9.21 Å². The van der Waals surface area contributed by atoms with E-state index in [1.807, 2.05) is 0 Å². The second kappa shape index (κ2) is 9.89. The molecule has 1 amide bonds. The molecule has 1 aliphatic rings. The lowest BCUT2D eigenvalue weighted by Crippen LogP contribution is -2.40. The highest BCUT2D eigenvalue weighted by Crippen LogP contribution is 2.27. The van der Waals surface area contributed by atoms with Crippen molar-refractivity contribution in [3.63, 3.8) is 0 Å². The molecule has 1 aromatic carbocycles. The van der Waals surface area contributed by atoms with Gasteiger partial charge in [0.2, 0.25) is 10.0 Å². The average molecular weight is 425 g/mol. The maximum atomic E-state index is 12.4. The van der Waals surface area contributed by atoms with E-state index < -0.39 is 16.0 Å². The zero-order chi connectivity index (χ0) is 21.6. The van der Waals surface area contributed by atoms with E-state index >= 15 is 0 Å². The first kappa shape index (κ1) is 22.9. The van der Waals surface area contributed by atoms with Gasteiger partial charge in [0.15, 0.2) is 6.61 Å². The van der Waals surface area contributed by atoms with E-state index in [1.54, 1.807) is 11.0 Å². The van der Waals surface area contributed by atoms with Crippen LogP contribution >= 0.6 is 0 Å². The summed E-state index contributed by atoms with van der Waals surface area (Å²) in [6, 6.07) is 4.55. The van der Waals surface area contributed by atoms with Crippen LogP contribution in [0.5, 0.6) is 5.75 Å². The van der Waals surface area contributed by atoms with Crippen molar-refractivity contribution < 1.29 is 27.5 Å². The van der Waals surface area contributed by atoms with Crippen molar-refractivity contribution in [1.29, 1.82) is 0 Å². The molecule has 0 N–H and O–H groups in total. The number of methoxy groups -OCH3 is 1. The highest BCUT2D eigenvalue weighted by atomic mass is 32.2. The van der Waals surface area contributed by atoms with Crippen molar-refractivity contribution in [2.45, 2.75) is 24.7 Å². The SMILES string of the molecule is COc1ccc(/C=C/C(=O)OCC(=O)N2CCC(C)CC2)cc1S(=O)(=O)N(C)C. The Morgan fingerprint density at radius 1 is 1.24 bits per heavy atom. The quantitative estimate of drug-likeness (QED) is 0.489. The number of amides is 1. The third-order valence-corrected chi connectivity index (χ3v) is 6.67. The molecule has 29 heavy (non-hydrogen) atoms. The van der Waals surface area contributed by atoms with Crippen LogP contribution in [0.15, 0.2) is 29.2 Å². The van der Waals surface area contributed by atoms with Crippen molar-refractivity contribution in [2.24, 2.45) is 5.92 Å². The molecule has 0 aliphatic carbocycles. The summed E-state index contributed by atoms with van der Waals surface area (Å²) in [4.78, 5) is 25.8. The van der Waals surface area contributed by atoms with E-state index in [0.29, 0.717) is 24.6 Å². The molecule has 1 saturated heterocycles. The van der Waals surface area contributed by atoms with Gasteiger partial charge in [0.25, 0.3) is 5.91 Å². The van der Waals surface area contributed by atoms with Gasteiger partial charge in [0.1, 0.15) is 10.6 Å². The van der Waals surface area contributed by atoms with Crippen LogP contribution in [0, 0.1) is 5.92 Å². The van der Waals surface area contributed by atoms with Crippen LogP contribution in [-0.4, -0.2) is 70.4 Å². The number of ether oxygens (including phenoxy) is 2. The number of hydrogen-bond donors (Lipinski definition) is 0. The molecule has 0 unspecified atom stereocenters. The molecule has 0 saturated carbocycles. The molecule has 1 fully saturated rings. The molecule has 0 atom stereocenters. The molecule has 1 aliphatic heterocycles. The first-order chi connectivity index (χ1) is 13.6. The Balaban J connectivity index is 2.00. The summed E-state index contributed by atoms with van der Waals surface area (Å²) in [6.45, 7) is 3.21. The number of sulfonamides is 1. The highest BCUT2D eigenvalue weighted by Gasteiger charge is 2.23. The van der Waals surface area contributed by atoms with Gasteiger partial charge < -0.3 is 14.4 Å². The molecular formula is C20H28N2O6S. The summed E-state index contributed by atoms with van der Waals surface area (Å²) in [6.07, 6.45) is 4.51. The average Bonchev–Trinajstić information content (AvgIpc) is 2.70. The summed E-state index contributed by atoms with van der Waals surface area (Å²) in [7, 11) is 0.526. The summed E-state index contributed by atoms with van der Waals surface area (Å²) in [5, 5.41) is 0. The first-order valence-corrected chi connectivity index (χ1v) is 10.8. The fraction of sp³-hybridized carbons (Fsp3) is 0.500. The minimum atomic E-state index is -3.71. The molecule has 1 heterocycles. The van der Waals surface area contributed by atoms with Gasteiger partial charge >= 0.3 is 5.97 Å². The Labute approximate surface area is 172 Å². The zero-order valence-corrected chi connectivity index (χ0v) is 18.1. The molecule has 9 heteroatoms. The third kappa shape index (κ3) is 6.04. The van der Waals surface area contributed by atoms with Crippen molar-refractivity contribution in [2.75, 3.05) is 40.9 Å². The van der Waals surface area contributed by atoms with Crippen LogP contribution in [0.25, 0.3) is 6.08 Å². The Bertz CT molecular complexity index is 871. The van der Waals surface area contributed by atoms with Crippen LogP contribution in [0.1, 0.15) is 25.3 Å². The van der Waals surface area contributed by atoms with Crippen LogP contribution < -0.4 is 4.74 Å². The molecular weight excluding hydrogens is 396 g/mol. The largest absolute Gasteiger partial charge is 0.495 e. The van der Waals surface area contributed by atoms with E-state index in [2.05, 4.69) is 6.92 Å².